The molecule has 8 heteroatoms. The Morgan fingerprint density at radius 1 is 1.03 bits per heavy atom. The lowest BCUT2D eigenvalue weighted by Crippen LogP contribution is -2.26. The zero-order chi connectivity index (χ0) is 20.6. The number of anilines is 2. The number of nitrogens with zero attached hydrogens (tertiary/aromatic N) is 2. The van der Waals surface area contributed by atoms with Crippen molar-refractivity contribution in [2.45, 2.75) is 6.42 Å². The number of aromatic nitrogens is 2. The lowest BCUT2D eigenvalue weighted by Gasteiger charge is -2.12. The highest BCUT2D eigenvalue weighted by Crippen LogP contribution is 2.30. The monoisotopic (exact) mass is 396 g/mol. The van der Waals surface area contributed by atoms with E-state index in [1.807, 2.05) is 0 Å². The maximum Gasteiger partial charge on any atom is 0.270 e. The van der Waals surface area contributed by atoms with Crippen LogP contribution in [0.15, 0.2) is 54.9 Å². The van der Waals surface area contributed by atoms with Gasteiger partial charge in [0.05, 0.1) is 19.9 Å². The first-order chi connectivity index (χ1) is 14.1. The number of benzene rings is 2. The zero-order valence-electron chi connectivity index (χ0n) is 16.1. The van der Waals surface area contributed by atoms with Crippen molar-refractivity contribution in [2.24, 2.45) is 0 Å². The van der Waals surface area contributed by atoms with Crippen molar-refractivity contribution in [3.8, 4) is 11.5 Å². The molecule has 1 aromatic heterocycles. The number of hydrogen-bond acceptors (Lipinski definition) is 6. The van der Waals surface area contributed by atoms with Crippen LogP contribution in [-0.2, 0) is 6.42 Å². The van der Waals surface area contributed by atoms with Gasteiger partial charge in [-0.1, -0.05) is 12.1 Å². The third-order valence-electron chi connectivity index (χ3n) is 4.18. The molecule has 3 aromatic rings. The second-order valence-electron chi connectivity index (χ2n) is 6.11. The first-order valence-electron chi connectivity index (χ1n) is 8.93. The fourth-order valence-electron chi connectivity index (χ4n) is 2.65. The average Bonchev–Trinajstić information content (AvgIpc) is 2.75. The van der Waals surface area contributed by atoms with Gasteiger partial charge in [-0.3, -0.25) is 4.79 Å². The minimum absolute atomic E-state index is 0.231. The predicted octanol–water partition coefficient (Wildman–Crippen LogP) is 3.35. The SMILES string of the molecule is COc1ccc(Nc2cc(C(=O)NCCc3ccc(F)cc3)ncn2)c(OC)c1. The van der Waals surface area contributed by atoms with Crippen molar-refractivity contribution in [3.05, 3.63) is 71.9 Å². The van der Waals surface area contributed by atoms with Crippen molar-refractivity contribution in [1.82, 2.24) is 15.3 Å². The van der Waals surface area contributed by atoms with E-state index < -0.39 is 0 Å². The molecule has 1 amide bonds. The third-order valence-corrected chi connectivity index (χ3v) is 4.18. The Labute approximate surface area is 167 Å². The van der Waals surface area contributed by atoms with Gasteiger partial charge in [-0.25, -0.2) is 14.4 Å². The maximum absolute atomic E-state index is 12.9. The van der Waals surface area contributed by atoms with Gasteiger partial charge in [0.1, 0.15) is 35.2 Å². The van der Waals surface area contributed by atoms with Gasteiger partial charge < -0.3 is 20.1 Å². The van der Waals surface area contributed by atoms with Crippen LogP contribution in [0.4, 0.5) is 15.9 Å². The summed E-state index contributed by atoms with van der Waals surface area (Å²) < 4.78 is 23.5. The number of carbonyl (C=O) groups is 1. The van der Waals surface area contributed by atoms with Gasteiger partial charge in [0.2, 0.25) is 0 Å². The topological polar surface area (TPSA) is 85.4 Å². The first-order valence-corrected chi connectivity index (χ1v) is 8.93. The van der Waals surface area contributed by atoms with E-state index in [4.69, 9.17) is 9.47 Å². The molecule has 0 atom stereocenters. The minimum Gasteiger partial charge on any atom is -0.497 e. The van der Waals surface area contributed by atoms with Crippen molar-refractivity contribution < 1.29 is 18.7 Å². The molecule has 0 saturated carbocycles. The van der Waals surface area contributed by atoms with E-state index in [-0.39, 0.29) is 17.4 Å². The first kappa shape index (κ1) is 20.1. The Kier molecular flexibility index (Phi) is 6.57. The largest absolute Gasteiger partial charge is 0.497 e. The fraction of sp³-hybridized carbons (Fsp3) is 0.190. The van der Waals surface area contributed by atoms with Crippen molar-refractivity contribution in [1.29, 1.82) is 0 Å². The van der Waals surface area contributed by atoms with Crippen LogP contribution in [0.5, 0.6) is 11.5 Å². The molecule has 0 aliphatic carbocycles. The number of nitrogens with one attached hydrogen (secondary N) is 2. The van der Waals surface area contributed by atoms with Gasteiger partial charge in [0.25, 0.3) is 5.91 Å². The Morgan fingerprint density at radius 2 is 1.83 bits per heavy atom. The van der Waals surface area contributed by atoms with E-state index in [1.165, 1.54) is 18.5 Å². The third kappa shape index (κ3) is 5.41. The number of ether oxygens (including phenoxy) is 2. The molecule has 0 saturated heterocycles. The molecular weight excluding hydrogens is 375 g/mol. The second-order valence-corrected chi connectivity index (χ2v) is 6.11. The van der Waals surface area contributed by atoms with Crippen molar-refractivity contribution in [2.75, 3.05) is 26.1 Å². The van der Waals surface area contributed by atoms with E-state index in [0.29, 0.717) is 36.0 Å². The Balaban J connectivity index is 1.63. The van der Waals surface area contributed by atoms with Crippen molar-refractivity contribution in [3.63, 3.8) is 0 Å². The minimum atomic E-state index is -0.320. The number of rotatable bonds is 8. The van der Waals surface area contributed by atoms with Crippen LogP contribution >= 0.6 is 0 Å². The quantitative estimate of drug-likeness (QED) is 0.607. The van der Waals surface area contributed by atoms with Crippen LogP contribution in [0, 0.1) is 5.82 Å². The summed E-state index contributed by atoms with van der Waals surface area (Å²) in [4.78, 5) is 20.5. The van der Waals surface area contributed by atoms with Crippen LogP contribution in [-0.4, -0.2) is 36.6 Å². The van der Waals surface area contributed by atoms with E-state index in [0.717, 1.165) is 5.56 Å². The summed E-state index contributed by atoms with van der Waals surface area (Å²) in [5.74, 6) is 1.09. The van der Waals surface area contributed by atoms with Gasteiger partial charge in [0.15, 0.2) is 0 Å². The zero-order valence-corrected chi connectivity index (χ0v) is 16.1. The average molecular weight is 396 g/mol. The summed E-state index contributed by atoms with van der Waals surface area (Å²) in [6.07, 6.45) is 1.90. The van der Waals surface area contributed by atoms with Crippen molar-refractivity contribution >= 4 is 17.4 Å². The van der Waals surface area contributed by atoms with Crippen LogP contribution in [0.1, 0.15) is 16.1 Å². The van der Waals surface area contributed by atoms with Gasteiger partial charge >= 0.3 is 0 Å². The summed E-state index contributed by atoms with van der Waals surface area (Å²) in [5.41, 5.74) is 1.84. The molecule has 0 aliphatic heterocycles. The molecule has 29 heavy (non-hydrogen) atoms. The number of halogens is 1. The number of amides is 1. The van der Waals surface area contributed by atoms with E-state index in [1.54, 1.807) is 50.6 Å². The molecule has 0 spiro atoms. The Hall–Kier alpha value is -3.68. The van der Waals surface area contributed by atoms with Gasteiger partial charge in [-0.2, -0.15) is 0 Å². The van der Waals surface area contributed by atoms with E-state index >= 15 is 0 Å². The Morgan fingerprint density at radius 3 is 2.55 bits per heavy atom. The molecule has 150 valence electrons. The van der Waals surface area contributed by atoms with Gasteiger partial charge in [0, 0.05) is 18.7 Å². The highest BCUT2D eigenvalue weighted by atomic mass is 19.1. The fourth-order valence-corrected chi connectivity index (χ4v) is 2.65. The summed E-state index contributed by atoms with van der Waals surface area (Å²) >= 11 is 0. The molecule has 1 heterocycles. The van der Waals surface area contributed by atoms with Crippen LogP contribution in [0.3, 0.4) is 0 Å². The molecule has 0 aliphatic rings. The molecule has 2 aromatic carbocycles. The van der Waals surface area contributed by atoms with E-state index in [2.05, 4.69) is 20.6 Å². The molecule has 0 radical (unpaired) electrons. The standard InChI is InChI=1S/C21H21FN4O3/c1-28-16-7-8-17(19(11-16)29-2)26-20-12-18(24-13-25-20)21(27)23-10-9-14-3-5-15(22)6-4-14/h3-8,11-13H,9-10H2,1-2H3,(H,23,27)(H,24,25,26). The lowest BCUT2D eigenvalue weighted by molar-refractivity contribution is 0.0949. The molecule has 0 fully saturated rings. The van der Waals surface area contributed by atoms with Crippen LogP contribution in [0.2, 0.25) is 0 Å². The molecule has 0 unspecified atom stereocenters. The summed E-state index contributed by atoms with van der Waals surface area (Å²) in [5, 5.41) is 5.91. The van der Waals surface area contributed by atoms with Crippen LogP contribution in [0.25, 0.3) is 0 Å². The summed E-state index contributed by atoms with van der Waals surface area (Å²) in [7, 11) is 3.13. The molecule has 3 rings (SSSR count). The smallest absolute Gasteiger partial charge is 0.270 e. The summed E-state index contributed by atoms with van der Waals surface area (Å²) in [6, 6.07) is 13.0. The molecule has 0 bridgehead atoms. The maximum atomic E-state index is 12.9. The highest BCUT2D eigenvalue weighted by molar-refractivity contribution is 5.93. The Bertz CT molecular complexity index is 980. The van der Waals surface area contributed by atoms with Crippen LogP contribution < -0.4 is 20.1 Å². The molecule has 7 nitrogen and oxygen atoms in total. The number of carbonyl (C=O) groups excluding carboxylic acids is 1. The predicted molar refractivity (Wildman–Crippen MR) is 107 cm³/mol. The highest BCUT2D eigenvalue weighted by Gasteiger charge is 2.11. The normalized spacial score (nSPS) is 10.3. The van der Waals surface area contributed by atoms with Gasteiger partial charge in [-0.15, -0.1) is 0 Å². The number of hydrogen-bond donors (Lipinski definition) is 2. The van der Waals surface area contributed by atoms with Gasteiger partial charge in [-0.05, 0) is 36.2 Å². The summed E-state index contributed by atoms with van der Waals surface area (Å²) in [6.45, 7) is 0.406. The molecular formula is C21H21FN4O3. The molecule has 2 N–H and O–H groups in total. The van der Waals surface area contributed by atoms with E-state index in [9.17, 15) is 9.18 Å². The lowest BCUT2D eigenvalue weighted by atomic mass is 10.1. The second kappa shape index (κ2) is 9.50. The number of methoxy groups -OCH3 is 2.